The van der Waals surface area contributed by atoms with Crippen molar-refractivity contribution in [3.63, 3.8) is 0 Å². The van der Waals surface area contributed by atoms with Crippen LogP contribution in [0.25, 0.3) is 0 Å². The molecule has 0 saturated heterocycles. The number of halogens is 1. The van der Waals surface area contributed by atoms with E-state index in [9.17, 15) is 8.42 Å². The summed E-state index contributed by atoms with van der Waals surface area (Å²) in [6.45, 7) is 0.0233. The molecule has 1 heterocycles. The molecular formula is C11H10ClN5O2S. The van der Waals surface area contributed by atoms with Gasteiger partial charge in [0.2, 0.25) is 10.0 Å². The molecule has 0 saturated carbocycles. The summed E-state index contributed by atoms with van der Waals surface area (Å²) in [5.74, 6) is 0.406. The third-order valence-electron chi connectivity index (χ3n) is 2.59. The quantitative estimate of drug-likeness (QED) is 0.912. The molecule has 9 heteroatoms. The Labute approximate surface area is 120 Å². The molecule has 104 valence electrons. The highest BCUT2D eigenvalue weighted by Gasteiger charge is 2.24. The summed E-state index contributed by atoms with van der Waals surface area (Å²) in [4.78, 5) is 3.75. The number of hydrogen-bond donors (Lipinski definition) is 1. The summed E-state index contributed by atoms with van der Waals surface area (Å²) < 4.78 is 25.9. The first-order chi connectivity index (χ1) is 9.45. The highest BCUT2D eigenvalue weighted by molar-refractivity contribution is 7.89. The number of aromatic amines is 1. The minimum atomic E-state index is -3.82. The summed E-state index contributed by atoms with van der Waals surface area (Å²) in [7, 11) is -2.42. The van der Waals surface area contributed by atoms with Crippen molar-refractivity contribution in [2.24, 2.45) is 0 Å². The highest BCUT2D eigenvalue weighted by Crippen LogP contribution is 2.25. The van der Waals surface area contributed by atoms with Gasteiger partial charge in [0.05, 0.1) is 23.2 Å². The van der Waals surface area contributed by atoms with E-state index in [1.165, 1.54) is 31.6 Å². The number of H-pyrrole nitrogens is 1. The van der Waals surface area contributed by atoms with Gasteiger partial charge in [-0.15, -0.1) is 0 Å². The molecule has 1 aromatic heterocycles. The maximum absolute atomic E-state index is 12.4. The van der Waals surface area contributed by atoms with E-state index in [0.29, 0.717) is 5.82 Å². The van der Waals surface area contributed by atoms with Gasteiger partial charge in [-0.2, -0.15) is 14.7 Å². The Morgan fingerprint density at radius 1 is 1.50 bits per heavy atom. The van der Waals surface area contributed by atoms with Gasteiger partial charge in [0.1, 0.15) is 17.0 Å². The summed E-state index contributed by atoms with van der Waals surface area (Å²) in [5, 5.41) is 15.1. The third kappa shape index (κ3) is 2.80. The van der Waals surface area contributed by atoms with Crippen LogP contribution in [-0.2, 0) is 16.6 Å². The molecule has 1 N–H and O–H groups in total. The van der Waals surface area contributed by atoms with E-state index in [1.54, 1.807) is 0 Å². The lowest BCUT2D eigenvalue weighted by Crippen LogP contribution is -2.27. The second-order valence-corrected chi connectivity index (χ2v) is 6.37. The number of benzene rings is 1. The summed E-state index contributed by atoms with van der Waals surface area (Å²) in [6, 6.07) is 5.97. The predicted octanol–water partition coefficient (Wildman–Crippen LogP) is 1.15. The number of sulfonamides is 1. The van der Waals surface area contributed by atoms with Gasteiger partial charge in [0.25, 0.3) is 0 Å². The van der Waals surface area contributed by atoms with Crippen LogP contribution in [0.1, 0.15) is 11.4 Å². The van der Waals surface area contributed by atoms with Gasteiger partial charge >= 0.3 is 0 Å². The number of aromatic nitrogens is 3. The molecule has 2 rings (SSSR count). The number of nitrogens with one attached hydrogen (secondary N) is 1. The van der Waals surface area contributed by atoms with Crippen LogP contribution in [0.5, 0.6) is 0 Å². The molecule has 0 aliphatic heterocycles. The van der Waals surface area contributed by atoms with Gasteiger partial charge in [-0.1, -0.05) is 11.6 Å². The van der Waals surface area contributed by atoms with Gasteiger partial charge in [-0.05, 0) is 18.2 Å². The van der Waals surface area contributed by atoms with Crippen molar-refractivity contribution in [1.82, 2.24) is 19.5 Å². The standard InChI is InChI=1S/C11H10ClN5O2S/c1-17(6-11-14-7-15-16-11)20(18,19)10-4-8(5-13)2-3-9(10)12/h2-4,7H,6H2,1H3,(H,14,15,16). The van der Waals surface area contributed by atoms with Crippen LogP contribution < -0.4 is 0 Å². The van der Waals surface area contributed by atoms with Crippen molar-refractivity contribution in [3.05, 3.63) is 40.9 Å². The van der Waals surface area contributed by atoms with E-state index < -0.39 is 10.0 Å². The van der Waals surface area contributed by atoms with Crippen molar-refractivity contribution in [2.75, 3.05) is 7.05 Å². The number of nitriles is 1. The van der Waals surface area contributed by atoms with Crippen molar-refractivity contribution < 1.29 is 8.42 Å². The fourth-order valence-electron chi connectivity index (χ4n) is 1.54. The molecule has 7 nitrogen and oxygen atoms in total. The Bertz CT molecular complexity index is 752. The molecular weight excluding hydrogens is 302 g/mol. The van der Waals surface area contributed by atoms with Gasteiger partial charge in [-0.25, -0.2) is 13.4 Å². The number of hydrogen-bond acceptors (Lipinski definition) is 5. The predicted molar refractivity (Wildman–Crippen MR) is 71.2 cm³/mol. The maximum Gasteiger partial charge on any atom is 0.244 e. The molecule has 0 aliphatic rings. The van der Waals surface area contributed by atoms with Gasteiger partial charge in [0.15, 0.2) is 0 Å². The van der Waals surface area contributed by atoms with Crippen LogP contribution >= 0.6 is 11.6 Å². The smallest absolute Gasteiger partial charge is 0.244 e. The van der Waals surface area contributed by atoms with Crippen molar-refractivity contribution in [2.45, 2.75) is 11.4 Å². The third-order valence-corrected chi connectivity index (χ3v) is 4.87. The number of rotatable bonds is 4. The fourth-order valence-corrected chi connectivity index (χ4v) is 3.17. The molecule has 1 aromatic carbocycles. The molecule has 20 heavy (non-hydrogen) atoms. The van der Waals surface area contributed by atoms with Gasteiger partial charge in [0, 0.05) is 7.05 Å². The monoisotopic (exact) mass is 311 g/mol. The van der Waals surface area contributed by atoms with E-state index >= 15 is 0 Å². The van der Waals surface area contributed by atoms with E-state index in [4.69, 9.17) is 16.9 Å². The lowest BCUT2D eigenvalue weighted by molar-refractivity contribution is 0.457. The van der Waals surface area contributed by atoms with E-state index in [-0.39, 0.29) is 22.0 Å². The maximum atomic E-state index is 12.4. The van der Waals surface area contributed by atoms with Crippen molar-refractivity contribution >= 4 is 21.6 Å². The molecule has 0 unspecified atom stereocenters. The SMILES string of the molecule is CN(Cc1ncn[nH]1)S(=O)(=O)c1cc(C#N)ccc1Cl. The van der Waals surface area contributed by atoms with Crippen LogP contribution in [0.15, 0.2) is 29.4 Å². The zero-order valence-corrected chi connectivity index (χ0v) is 12.0. The summed E-state index contributed by atoms with van der Waals surface area (Å²) in [6.07, 6.45) is 1.29. The fraction of sp³-hybridized carbons (Fsp3) is 0.182. The summed E-state index contributed by atoms with van der Waals surface area (Å²) >= 11 is 5.91. The molecule has 0 radical (unpaired) electrons. The molecule has 0 atom stereocenters. The second kappa shape index (κ2) is 5.58. The Morgan fingerprint density at radius 3 is 2.85 bits per heavy atom. The first-order valence-electron chi connectivity index (χ1n) is 5.45. The Balaban J connectivity index is 2.37. The molecule has 0 spiro atoms. The minimum Gasteiger partial charge on any atom is -0.262 e. The van der Waals surface area contributed by atoms with E-state index in [0.717, 1.165) is 4.31 Å². The van der Waals surface area contributed by atoms with Gasteiger partial charge < -0.3 is 0 Å². The van der Waals surface area contributed by atoms with Crippen LogP contribution in [0.4, 0.5) is 0 Å². The first kappa shape index (κ1) is 14.5. The van der Waals surface area contributed by atoms with Crippen LogP contribution in [0.2, 0.25) is 5.02 Å². The molecule has 2 aromatic rings. The van der Waals surface area contributed by atoms with Crippen LogP contribution in [-0.4, -0.2) is 35.0 Å². The minimum absolute atomic E-state index is 0.0233. The average Bonchev–Trinajstić information content (AvgIpc) is 2.92. The van der Waals surface area contributed by atoms with E-state index in [2.05, 4.69) is 15.2 Å². The normalized spacial score (nSPS) is 11.5. The zero-order chi connectivity index (χ0) is 14.8. The lowest BCUT2D eigenvalue weighted by atomic mass is 10.2. The largest absolute Gasteiger partial charge is 0.262 e. The zero-order valence-electron chi connectivity index (χ0n) is 10.4. The Morgan fingerprint density at radius 2 is 2.25 bits per heavy atom. The van der Waals surface area contributed by atoms with E-state index in [1.807, 2.05) is 6.07 Å². The van der Waals surface area contributed by atoms with Crippen molar-refractivity contribution in [1.29, 1.82) is 5.26 Å². The molecule has 0 fully saturated rings. The van der Waals surface area contributed by atoms with Crippen LogP contribution in [0.3, 0.4) is 0 Å². The highest BCUT2D eigenvalue weighted by atomic mass is 35.5. The van der Waals surface area contributed by atoms with Crippen LogP contribution in [0, 0.1) is 11.3 Å². The van der Waals surface area contributed by atoms with Crippen molar-refractivity contribution in [3.8, 4) is 6.07 Å². The average molecular weight is 312 g/mol. The molecule has 0 bridgehead atoms. The second-order valence-electron chi connectivity index (χ2n) is 3.95. The molecule has 0 amide bonds. The molecule has 0 aliphatic carbocycles. The number of nitrogens with zero attached hydrogens (tertiary/aromatic N) is 4. The Hall–Kier alpha value is -1.95. The Kier molecular flexibility index (Phi) is 4.04. The lowest BCUT2D eigenvalue weighted by Gasteiger charge is -2.16. The topological polar surface area (TPSA) is 103 Å². The summed E-state index contributed by atoms with van der Waals surface area (Å²) in [5.41, 5.74) is 0.223. The van der Waals surface area contributed by atoms with Gasteiger partial charge in [-0.3, -0.25) is 5.10 Å². The first-order valence-corrected chi connectivity index (χ1v) is 7.27.